The van der Waals surface area contributed by atoms with Gasteiger partial charge in [-0.25, -0.2) is 0 Å². The number of piperidine rings is 1. The zero-order valence-corrected chi connectivity index (χ0v) is 12.8. The molecule has 1 saturated heterocycles. The van der Waals surface area contributed by atoms with E-state index in [0.29, 0.717) is 11.8 Å². The lowest BCUT2D eigenvalue weighted by atomic mass is 10.0. The van der Waals surface area contributed by atoms with Gasteiger partial charge in [0.2, 0.25) is 0 Å². The van der Waals surface area contributed by atoms with Crippen LogP contribution in [0.3, 0.4) is 0 Å². The fourth-order valence-corrected chi connectivity index (χ4v) is 2.97. The number of hydrogen-bond donors (Lipinski definition) is 2. The third-order valence-corrected chi connectivity index (χ3v) is 4.46. The Morgan fingerprint density at radius 1 is 1.40 bits per heavy atom. The molecular weight excluding hydrogens is 250 g/mol. The van der Waals surface area contributed by atoms with Crippen LogP contribution in [0.25, 0.3) is 0 Å². The Morgan fingerprint density at radius 3 is 2.55 bits per heavy atom. The molecule has 3 N–H and O–H groups in total. The number of phenols is 1. The molecule has 20 heavy (non-hydrogen) atoms. The third kappa shape index (κ3) is 3.25. The van der Waals surface area contributed by atoms with E-state index in [2.05, 4.69) is 29.8 Å². The highest BCUT2D eigenvalue weighted by atomic mass is 16.3. The number of nitrogens with zero attached hydrogens (tertiary/aromatic N) is 2. The van der Waals surface area contributed by atoms with Gasteiger partial charge in [0.05, 0.1) is 0 Å². The predicted octanol–water partition coefficient (Wildman–Crippen LogP) is 2.33. The van der Waals surface area contributed by atoms with Gasteiger partial charge in [-0.2, -0.15) is 0 Å². The Kier molecular flexibility index (Phi) is 4.89. The summed E-state index contributed by atoms with van der Waals surface area (Å²) in [5.74, 6) is 0.301. The molecule has 0 bridgehead atoms. The fraction of sp³-hybridized carbons (Fsp3) is 0.625. The van der Waals surface area contributed by atoms with Crippen molar-refractivity contribution >= 4 is 5.69 Å². The Balaban J connectivity index is 2.06. The van der Waals surface area contributed by atoms with E-state index in [1.54, 1.807) is 0 Å². The first kappa shape index (κ1) is 15.1. The van der Waals surface area contributed by atoms with Gasteiger partial charge in [-0.3, -0.25) is 0 Å². The Morgan fingerprint density at radius 2 is 2.05 bits per heavy atom. The van der Waals surface area contributed by atoms with Crippen molar-refractivity contribution in [3.05, 3.63) is 23.8 Å². The van der Waals surface area contributed by atoms with Crippen molar-refractivity contribution in [2.45, 2.75) is 38.8 Å². The van der Waals surface area contributed by atoms with Crippen LogP contribution in [0.1, 0.15) is 38.3 Å². The molecule has 1 unspecified atom stereocenters. The lowest BCUT2D eigenvalue weighted by molar-refractivity contribution is 0.221. The fourth-order valence-electron chi connectivity index (χ4n) is 2.97. The molecule has 0 saturated carbocycles. The summed E-state index contributed by atoms with van der Waals surface area (Å²) in [6, 6.07) is 6.25. The average Bonchev–Trinajstić information content (AvgIpc) is 2.46. The molecule has 0 aliphatic carbocycles. The molecule has 1 aliphatic heterocycles. The molecule has 1 aromatic carbocycles. The number of hydrogen-bond acceptors (Lipinski definition) is 4. The summed E-state index contributed by atoms with van der Waals surface area (Å²) in [4.78, 5) is 4.78. The minimum atomic E-state index is -0.137. The van der Waals surface area contributed by atoms with Crippen molar-refractivity contribution in [3.8, 4) is 5.75 Å². The largest absolute Gasteiger partial charge is 0.508 e. The summed E-state index contributed by atoms with van der Waals surface area (Å²) in [6.45, 7) is 7.57. The van der Waals surface area contributed by atoms with E-state index in [4.69, 9.17) is 5.73 Å². The van der Waals surface area contributed by atoms with Crippen molar-refractivity contribution in [2.75, 3.05) is 31.6 Å². The molecule has 1 fully saturated rings. The predicted molar refractivity (Wildman–Crippen MR) is 84.2 cm³/mol. The zero-order valence-electron chi connectivity index (χ0n) is 12.8. The lowest BCUT2D eigenvalue weighted by Gasteiger charge is -2.37. The topological polar surface area (TPSA) is 52.7 Å². The zero-order chi connectivity index (χ0) is 14.7. The van der Waals surface area contributed by atoms with Crippen LogP contribution in [0.4, 0.5) is 5.69 Å². The smallest absolute Gasteiger partial charge is 0.122 e. The van der Waals surface area contributed by atoms with Crippen molar-refractivity contribution in [1.29, 1.82) is 0 Å². The maximum absolute atomic E-state index is 10.1. The molecule has 112 valence electrons. The maximum Gasteiger partial charge on any atom is 0.122 e. The molecule has 1 atom stereocenters. The highest BCUT2D eigenvalue weighted by molar-refractivity contribution is 5.54. The summed E-state index contributed by atoms with van der Waals surface area (Å²) in [5.41, 5.74) is 7.71. The first-order valence-electron chi connectivity index (χ1n) is 7.56. The molecule has 2 rings (SSSR count). The van der Waals surface area contributed by atoms with Gasteiger partial charge in [0.15, 0.2) is 0 Å². The van der Waals surface area contributed by atoms with E-state index >= 15 is 0 Å². The molecule has 4 nitrogen and oxygen atoms in total. The van der Waals surface area contributed by atoms with E-state index in [9.17, 15) is 5.11 Å². The van der Waals surface area contributed by atoms with Gasteiger partial charge in [0, 0.05) is 49.5 Å². The van der Waals surface area contributed by atoms with Crippen LogP contribution in [-0.4, -0.2) is 42.7 Å². The van der Waals surface area contributed by atoms with E-state index < -0.39 is 0 Å². The standard InChI is InChI=1S/C16H27N3O/c1-4-19-9-7-13(8-10-19)18(3)14-5-6-15(12(2)17)16(20)11-14/h5-6,11-13,20H,4,7-10,17H2,1-3H3. The molecule has 1 heterocycles. The second kappa shape index (κ2) is 6.46. The van der Waals surface area contributed by atoms with Crippen LogP contribution in [-0.2, 0) is 0 Å². The number of phenolic OH excluding ortho intramolecular Hbond substituents is 1. The van der Waals surface area contributed by atoms with E-state index in [0.717, 1.165) is 30.9 Å². The normalized spacial score (nSPS) is 19.0. The van der Waals surface area contributed by atoms with Crippen LogP contribution in [0.2, 0.25) is 0 Å². The first-order chi connectivity index (χ1) is 9.52. The van der Waals surface area contributed by atoms with Crippen molar-refractivity contribution < 1.29 is 5.11 Å². The summed E-state index contributed by atoms with van der Waals surface area (Å²) in [6.07, 6.45) is 2.36. The molecule has 0 amide bonds. The number of aromatic hydroxyl groups is 1. The van der Waals surface area contributed by atoms with Crippen molar-refractivity contribution in [3.63, 3.8) is 0 Å². The summed E-state index contributed by atoms with van der Waals surface area (Å²) in [5, 5.41) is 10.1. The van der Waals surface area contributed by atoms with E-state index in [1.165, 1.54) is 12.8 Å². The summed E-state index contributed by atoms with van der Waals surface area (Å²) < 4.78 is 0. The second-order valence-electron chi connectivity index (χ2n) is 5.81. The Hall–Kier alpha value is -1.26. The van der Waals surface area contributed by atoms with Gasteiger partial charge in [-0.15, -0.1) is 0 Å². The van der Waals surface area contributed by atoms with Gasteiger partial charge in [0.25, 0.3) is 0 Å². The Bertz CT molecular complexity index is 439. The van der Waals surface area contributed by atoms with Crippen LogP contribution < -0.4 is 10.6 Å². The molecular formula is C16H27N3O. The molecule has 4 heteroatoms. The van der Waals surface area contributed by atoms with Crippen LogP contribution in [0.15, 0.2) is 18.2 Å². The van der Waals surface area contributed by atoms with Crippen LogP contribution in [0, 0.1) is 0 Å². The number of rotatable bonds is 4. The number of benzene rings is 1. The first-order valence-corrected chi connectivity index (χ1v) is 7.56. The summed E-state index contributed by atoms with van der Waals surface area (Å²) >= 11 is 0. The third-order valence-electron chi connectivity index (χ3n) is 4.46. The highest BCUT2D eigenvalue weighted by Crippen LogP contribution is 2.30. The summed E-state index contributed by atoms with van der Waals surface area (Å²) in [7, 11) is 2.12. The molecule has 0 radical (unpaired) electrons. The minimum Gasteiger partial charge on any atom is -0.508 e. The monoisotopic (exact) mass is 277 g/mol. The maximum atomic E-state index is 10.1. The molecule has 1 aromatic rings. The lowest BCUT2D eigenvalue weighted by Crippen LogP contribution is -2.43. The van der Waals surface area contributed by atoms with E-state index in [-0.39, 0.29) is 6.04 Å². The van der Waals surface area contributed by atoms with Gasteiger partial charge in [-0.05, 0) is 32.4 Å². The molecule has 1 aliphatic rings. The minimum absolute atomic E-state index is 0.137. The molecule has 0 spiro atoms. The average molecular weight is 277 g/mol. The number of nitrogens with two attached hydrogens (primary N) is 1. The van der Waals surface area contributed by atoms with Crippen molar-refractivity contribution in [2.24, 2.45) is 5.73 Å². The van der Waals surface area contributed by atoms with Gasteiger partial charge < -0.3 is 20.6 Å². The highest BCUT2D eigenvalue weighted by Gasteiger charge is 2.22. The SMILES string of the molecule is CCN1CCC(N(C)c2ccc(C(C)N)c(O)c2)CC1. The van der Waals surface area contributed by atoms with Gasteiger partial charge >= 0.3 is 0 Å². The van der Waals surface area contributed by atoms with Crippen molar-refractivity contribution in [1.82, 2.24) is 4.90 Å². The van der Waals surface area contributed by atoms with E-state index in [1.807, 2.05) is 19.1 Å². The van der Waals surface area contributed by atoms with Gasteiger partial charge in [0.1, 0.15) is 5.75 Å². The second-order valence-corrected chi connectivity index (χ2v) is 5.81. The molecule has 0 aromatic heterocycles. The van der Waals surface area contributed by atoms with Crippen LogP contribution >= 0.6 is 0 Å². The number of anilines is 1. The number of likely N-dealkylation sites (tertiary alicyclic amines) is 1. The Labute approximate surface area is 122 Å². The van der Waals surface area contributed by atoms with Crippen LogP contribution in [0.5, 0.6) is 5.75 Å². The van der Waals surface area contributed by atoms with Gasteiger partial charge in [-0.1, -0.05) is 13.0 Å². The quantitative estimate of drug-likeness (QED) is 0.887.